The fourth-order valence-corrected chi connectivity index (χ4v) is 2.27. The monoisotopic (exact) mass is 291 g/mol. The lowest BCUT2D eigenvalue weighted by atomic mass is 10.2. The second kappa shape index (κ2) is 8.00. The minimum atomic E-state index is 0.0693. The van der Waals surface area contributed by atoms with E-state index >= 15 is 0 Å². The number of rotatable bonds is 6. The van der Waals surface area contributed by atoms with Crippen LogP contribution in [0.3, 0.4) is 0 Å². The van der Waals surface area contributed by atoms with Gasteiger partial charge >= 0.3 is 0 Å². The first-order valence-corrected chi connectivity index (χ1v) is 7.58. The summed E-state index contributed by atoms with van der Waals surface area (Å²) in [5.41, 5.74) is 1.22. The van der Waals surface area contributed by atoms with Crippen molar-refractivity contribution in [1.29, 1.82) is 0 Å². The van der Waals surface area contributed by atoms with Crippen LogP contribution in [0.1, 0.15) is 12.5 Å². The Labute approximate surface area is 126 Å². The number of nitrogens with one attached hydrogen (secondary N) is 1. The van der Waals surface area contributed by atoms with E-state index in [9.17, 15) is 4.79 Å². The molecule has 1 heterocycles. The standard InChI is InChI=1S/C16H25N3O2/c1-3-17-12-14-4-6-15(7-5-14)21-13-16(20)19-10-8-18(2)9-11-19/h4-7,17H,3,8-13H2,1-2H3. The van der Waals surface area contributed by atoms with E-state index in [4.69, 9.17) is 4.74 Å². The van der Waals surface area contributed by atoms with Gasteiger partial charge in [0.1, 0.15) is 5.75 Å². The number of likely N-dealkylation sites (N-methyl/N-ethyl adjacent to an activating group) is 1. The summed E-state index contributed by atoms with van der Waals surface area (Å²) in [7, 11) is 2.08. The molecule has 21 heavy (non-hydrogen) atoms. The van der Waals surface area contributed by atoms with E-state index in [-0.39, 0.29) is 12.5 Å². The van der Waals surface area contributed by atoms with Crippen LogP contribution in [0.5, 0.6) is 5.75 Å². The number of carbonyl (C=O) groups excluding carboxylic acids is 1. The highest BCUT2D eigenvalue weighted by Gasteiger charge is 2.19. The molecule has 1 aromatic rings. The van der Waals surface area contributed by atoms with Gasteiger partial charge in [0, 0.05) is 32.7 Å². The molecule has 0 bridgehead atoms. The molecule has 1 aliphatic heterocycles. The van der Waals surface area contributed by atoms with Crippen molar-refractivity contribution in [2.24, 2.45) is 0 Å². The van der Waals surface area contributed by atoms with Gasteiger partial charge in [-0.05, 0) is 31.3 Å². The van der Waals surface area contributed by atoms with Crippen LogP contribution in [0.15, 0.2) is 24.3 Å². The van der Waals surface area contributed by atoms with Gasteiger partial charge in [-0.2, -0.15) is 0 Å². The van der Waals surface area contributed by atoms with Crippen LogP contribution >= 0.6 is 0 Å². The zero-order valence-electron chi connectivity index (χ0n) is 13.0. The molecule has 0 spiro atoms. The molecule has 1 aromatic carbocycles. The molecule has 0 radical (unpaired) electrons. The van der Waals surface area contributed by atoms with Crippen molar-refractivity contribution in [3.63, 3.8) is 0 Å². The maximum atomic E-state index is 12.1. The minimum Gasteiger partial charge on any atom is -0.484 e. The number of ether oxygens (including phenoxy) is 1. The summed E-state index contributed by atoms with van der Waals surface area (Å²) in [5.74, 6) is 0.817. The van der Waals surface area contributed by atoms with Gasteiger partial charge in [-0.1, -0.05) is 19.1 Å². The minimum absolute atomic E-state index is 0.0693. The number of piperazine rings is 1. The highest BCUT2D eigenvalue weighted by molar-refractivity contribution is 5.77. The van der Waals surface area contributed by atoms with Gasteiger partial charge in [0.05, 0.1) is 0 Å². The smallest absolute Gasteiger partial charge is 0.260 e. The molecule has 0 aliphatic carbocycles. The molecule has 0 saturated carbocycles. The molecule has 1 amide bonds. The third-order valence-electron chi connectivity index (χ3n) is 3.72. The predicted octanol–water partition coefficient (Wildman–Crippen LogP) is 0.949. The summed E-state index contributed by atoms with van der Waals surface area (Å²) in [4.78, 5) is 16.2. The number of hydrogen-bond acceptors (Lipinski definition) is 4. The lowest BCUT2D eigenvalue weighted by molar-refractivity contribution is -0.134. The van der Waals surface area contributed by atoms with Crippen LogP contribution in [0.25, 0.3) is 0 Å². The summed E-state index contributed by atoms with van der Waals surface area (Å²) in [5, 5.41) is 3.28. The van der Waals surface area contributed by atoms with Crippen LogP contribution in [0.2, 0.25) is 0 Å². The number of nitrogens with zero attached hydrogens (tertiary/aromatic N) is 2. The van der Waals surface area contributed by atoms with E-state index in [2.05, 4.69) is 24.2 Å². The maximum absolute atomic E-state index is 12.1. The zero-order valence-corrected chi connectivity index (χ0v) is 13.0. The first-order chi connectivity index (χ1) is 10.2. The normalized spacial score (nSPS) is 16.0. The van der Waals surface area contributed by atoms with Crippen molar-refractivity contribution in [2.75, 3.05) is 46.4 Å². The average Bonchev–Trinajstić information content (AvgIpc) is 2.52. The molecule has 1 aliphatic rings. The lowest BCUT2D eigenvalue weighted by Gasteiger charge is -2.32. The Morgan fingerprint density at radius 1 is 1.19 bits per heavy atom. The van der Waals surface area contributed by atoms with Crippen LogP contribution in [0, 0.1) is 0 Å². The van der Waals surface area contributed by atoms with Crippen molar-refractivity contribution in [3.05, 3.63) is 29.8 Å². The van der Waals surface area contributed by atoms with Gasteiger partial charge in [-0.25, -0.2) is 0 Å². The molecule has 0 unspecified atom stereocenters. The fourth-order valence-electron chi connectivity index (χ4n) is 2.27. The van der Waals surface area contributed by atoms with Crippen LogP contribution in [-0.4, -0.2) is 62.1 Å². The summed E-state index contributed by atoms with van der Waals surface area (Å²) in [6.45, 7) is 7.48. The first-order valence-electron chi connectivity index (χ1n) is 7.58. The predicted molar refractivity (Wildman–Crippen MR) is 83.4 cm³/mol. The molecule has 0 atom stereocenters. The Hall–Kier alpha value is -1.59. The van der Waals surface area contributed by atoms with Crippen molar-refractivity contribution in [2.45, 2.75) is 13.5 Å². The van der Waals surface area contributed by atoms with E-state index in [1.807, 2.05) is 29.2 Å². The van der Waals surface area contributed by atoms with Crippen LogP contribution in [0.4, 0.5) is 0 Å². The van der Waals surface area contributed by atoms with Gasteiger partial charge < -0.3 is 19.9 Å². The molecule has 0 aromatic heterocycles. The van der Waals surface area contributed by atoms with Crippen molar-refractivity contribution >= 4 is 5.91 Å². The Bertz CT molecular complexity index is 439. The molecule has 5 nitrogen and oxygen atoms in total. The second-order valence-electron chi connectivity index (χ2n) is 5.40. The third-order valence-corrected chi connectivity index (χ3v) is 3.72. The average molecular weight is 291 g/mol. The molecule has 1 saturated heterocycles. The van der Waals surface area contributed by atoms with E-state index in [0.717, 1.165) is 45.0 Å². The van der Waals surface area contributed by atoms with E-state index < -0.39 is 0 Å². The van der Waals surface area contributed by atoms with E-state index in [0.29, 0.717) is 0 Å². The molecule has 1 N–H and O–H groups in total. The fraction of sp³-hybridized carbons (Fsp3) is 0.562. The van der Waals surface area contributed by atoms with Crippen molar-refractivity contribution in [1.82, 2.24) is 15.1 Å². The summed E-state index contributed by atoms with van der Waals surface area (Å²) >= 11 is 0. The summed E-state index contributed by atoms with van der Waals surface area (Å²) in [6, 6.07) is 7.89. The summed E-state index contributed by atoms with van der Waals surface area (Å²) in [6.07, 6.45) is 0. The number of benzene rings is 1. The molecule has 116 valence electrons. The van der Waals surface area contributed by atoms with Gasteiger partial charge in [0.25, 0.3) is 5.91 Å². The number of amides is 1. The Balaban J connectivity index is 1.75. The molecular formula is C16H25N3O2. The number of carbonyl (C=O) groups is 1. The zero-order chi connectivity index (χ0) is 15.1. The highest BCUT2D eigenvalue weighted by atomic mass is 16.5. The van der Waals surface area contributed by atoms with Gasteiger partial charge in [0.15, 0.2) is 6.61 Å². The Morgan fingerprint density at radius 2 is 1.86 bits per heavy atom. The van der Waals surface area contributed by atoms with Crippen LogP contribution in [-0.2, 0) is 11.3 Å². The van der Waals surface area contributed by atoms with Crippen LogP contribution < -0.4 is 10.1 Å². The van der Waals surface area contributed by atoms with E-state index in [1.165, 1.54) is 5.56 Å². The van der Waals surface area contributed by atoms with Crippen molar-refractivity contribution < 1.29 is 9.53 Å². The quantitative estimate of drug-likeness (QED) is 0.847. The Kier molecular flexibility index (Phi) is 6.02. The molecule has 1 fully saturated rings. The second-order valence-corrected chi connectivity index (χ2v) is 5.40. The summed E-state index contributed by atoms with van der Waals surface area (Å²) < 4.78 is 5.58. The first kappa shape index (κ1) is 15.8. The third kappa shape index (κ3) is 5.02. The SMILES string of the molecule is CCNCc1ccc(OCC(=O)N2CCN(C)CC2)cc1. The highest BCUT2D eigenvalue weighted by Crippen LogP contribution is 2.12. The van der Waals surface area contributed by atoms with Gasteiger partial charge in [0.2, 0.25) is 0 Å². The van der Waals surface area contributed by atoms with Crippen molar-refractivity contribution in [3.8, 4) is 5.75 Å². The van der Waals surface area contributed by atoms with Gasteiger partial charge in [-0.3, -0.25) is 4.79 Å². The lowest BCUT2D eigenvalue weighted by Crippen LogP contribution is -2.48. The largest absolute Gasteiger partial charge is 0.484 e. The topological polar surface area (TPSA) is 44.8 Å². The van der Waals surface area contributed by atoms with Gasteiger partial charge in [-0.15, -0.1) is 0 Å². The molecular weight excluding hydrogens is 266 g/mol. The molecule has 5 heteroatoms. The Morgan fingerprint density at radius 3 is 2.48 bits per heavy atom. The molecule has 2 rings (SSSR count). The van der Waals surface area contributed by atoms with E-state index in [1.54, 1.807) is 0 Å². The number of hydrogen-bond donors (Lipinski definition) is 1. The maximum Gasteiger partial charge on any atom is 0.260 e.